The lowest BCUT2D eigenvalue weighted by atomic mass is 10.1. The minimum atomic E-state index is -0.695. The number of aromatic hydroxyl groups is 2. The molecule has 1 aromatic rings. The molecule has 6 heteroatoms. The van der Waals surface area contributed by atoms with Crippen molar-refractivity contribution >= 4 is 11.8 Å². The Labute approximate surface area is 117 Å². The number of phenolic OH excluding ortho intramolecular Hbond substituents is 2. The minimum absolute atomic E-state index is 0.147. The predicted molar refractivity (Wildman–Crippen MR) is 72.5 cm³/mol. The third kappa shape index (κ3) is 2.84. The molecule has 1 unspecified atom stereocenters. The highest BCUT2D eigenvalue weighted by atomic mass is 16.3. The predicted octanol–water partition coefficient (Wildman–Crippen LogP) is 0.839. The number of likely N-dealkylation sites (tertiary alicyclic amines) is 1. The van der Waals surface area contributed by atoms with Gasteiger partial charge in [-0.25, -0.2) is 0 Å². The Kier molecular flexibility index (Phi) is 4.12. The summed E-state index contributed by atoms with van der Waals surface area (Å²) in [7, 11) is 0. The van der Waals surface area contributed by atoms with Crippen LogP contribution in [0.4, 0.5) is 0 Å². The molecule has 0 aliphatic carbocycles. The van der Waals surface area contributed by atoms with Gasteiger partial charge in [0.05, 0.1) is 0 Å². The van der Waals surface area contributed by atoms with Crippen molar-refractivity contribution in [3.8, 4) is 11.5 Å². The molecule has 2 rings (SSSR count). The van der Waals surface area contributed by atoms with Crippen molar-refractivity contribution in [2.24, 2.45) is 0 Å². The standard InChI is InChI=1S/C14H18N2O4/c1-9(14(20)16-7-2-3-8-16)15-13(19)12-10(17)5-4-6-11(12)18/h4-6,9,17-18H,2-3,7-8H2,1H3,(H,15,19). The van der Waals surface area contributed by atoms with Crippen LogP contribution in [0.25, 0.3) is 0 Å². The molecule has 0 saturated carbocycles. The summed E-state index contributed by atoms with van der Waals surface area (Å²) in [5, 5.41) is 21.7. The van der Waals surface area contributed by atoms with E-state index in [1.165, 1.54) is 18.2 Å². The van der Waals surface area contributed by atoms with Crippen molar-refractivity contribution in [1.82, 2.24) is 10.2 Å². The number of carbonyl (C=O) groups is 2. The van der Waals surface area contributed by atoms with Crippen molar-refractivity contribution in [3.05, 3.63) is 23.8 Å². The van der Waals surface area contributed by atoms with E-state index in [4.69, 9.17) is 0 Å². The van der Waals surface area contributed by atoms with Crippen LogP contribution in [-0.2, 0) is 4.79 Å². The lowest BCUT2D eigenvalue weighted by molar-refractivity contribution is -0.131. The summed E-state index contributed by atoms with van der Waals surface area (Å²) in [5.41, 5.74) is -0.214. The first kappa shape index (κ1) is 14.2. The van der Waals surface area contributed by atoms with Gasteiger partial charge in [-0.1, -0.05) is 6.07 Å². The van der Waals surface area contributed by atoms with Crippen LogP contribution in [0.5, 0.6) is 11.5 Å². The van der Waals surface area contributed by atoms with Crippen LogP contribution < -0.4 is 5.32 Å². The zero-order chi connectivity index (χ0) is 14.7. The second kappa shape index (κ2) is 5.81. The molecule has 0 bridgehead atoms. The van der Waals surface area contributed by atoms with Gasteiger partial charge in [-0.3, -0.25) is 9.59 Å². The molecule has 2 amide bonds. The largest absolute Gasteiger partial charge is 0.507 e. The van der Waals surface area contributed by atoms with Gasteiger partial charge in [0.1, 0.15) is 23.1 Å². The number of hydrogen-bond donors (Lipinski definition) is 3. The normalized spacial score (nSPS) is 15.9. The highest BCUT2D eigenvalue weighted by Crippen LogP contribution is 2.26. The maximum absolute atomic E-state index is 12.1. The molecule has 1 aliphatic heterocycles. The van der Waals surface area contributed by atoms with E-state index in [0.29, 0.717) is 13.1 Å². The van der Waals surface area contributed by atoms with E-state index in [9.17, 15) is 19.8 Å². The molecule has 3 N–H and O–H groups in total. The first-order valence-corrected chi connectivity index (χ1v) is 6.61. The summed E-state index contributed by atoms with van der Waals surface area (Å²) < 4.78 is 0. The molecule has 1 fully saturated rings. The fourth-order valence-electron chi connectivity index (χ4n) is 2.30. The van der Waals surface area contributed by atoms with Gasteiger partial charge in [0, 0.05) is 13.1 Å². The summed E-state index contributed by atoms with van der Waals surface area (Å²) in [6, 6.07) is 3.35. The Morgan fingerprint density at radius 2 is 1.75 bits per heavy atom. The Morgan fingerprint density at radius 1 is 1.20 bits per heavy atom. The van der Waals surface area contributed by atoms with E-state index < -0.39 is 11.9 Å². The Hall–Kier alpha value is -2.24. The van der Waals surface area contributed by atoms with Gasteiger partial charge in [-0.05, 0) is 31.9 Å². The summed E-state index contributed by atoms with van der Waals surface area (Å²) in [5.74, 6) is -1.45. The van der Waals surface area contributed by atoms with Crippen LogP contribution in [0.15, 0.2) is 18.2 Å². The average molecular weight is 278 g/mol. The maximum atomic E-state index is 12.1. The van der Waals surface area contributed by atoms with E-state index in [-0.39, 0.29) is 23.0 Å². The Balaban J connectivity index is 2.05. The number of amides is 2. The van der Waals surface area contributed by atoms with Crippen LogP contribution in [-0.4, -0.2) is 46.1 Å². The molecule has 6 nitrogen and oxygen atoms in total. The molecule has 0 spiro atoms. The SMILES string of the molecule is CC(NC(=O)c1c(O)cccc1O)C(=O)N1CCCC1. The van der Waals surface area contributed by atoms with Crippen LogP contribution in [0.1, 0.15) is 30.1 Å². The molecule has 1 aliphatic rings. The topological polar surface area (TPSA) is 89.9 Å². The number of nitrogens with one attached hydrogen (secondary N) is 1. The molecule has 0 radical (unpaired) electrons. The molecule has 20 heavy (non-hydrogen) atoms. The van der Waals surface area contributed by atoms with Crippen molar-refractivity contribution < 1.29 is 19.8 Å². The molecular weight excluding hydrogens is 260 g/mol. The van der Waals surface area contributed by atoms with Gasteiger partial charge < -0.3 is 20.4 Å². The van der Waals surface area contributed by atoms with Crippen LogP contribution >= 0.6 is 0 Å². The third-order valence-electron chi connectivity index (χ3n) is 3.38. The lowest BCUT2D eigenvalue weighted by Gasteiger charge is -2.21. The van der Waals surface area contributed by atoms with Crippen molar-refractivity contribution in [1.29, 1.82) is 0 Å². The van der Waals surface area contributed by atoms with Crippen molar-refractivity contribution in [3.63, 3.8) is 0 Å². The number of benzene rings is 1. The van der Waals surface area contributed by atoms with Crippen LogP contribution in [0.2, 0.25) is 0 Å². The molecule has 1 heterocycles. The van der Waals surface area contributed by atoms with Gasteiger partial charge >= 0.3 is 0 Å². The number of nitrogens with zero attached hydrogens (tertiary/aromatic N) is 1. The van der Waals surface area contributed by atoms with Gasteiger partial charge in [-0.15, -0.1) is 0 Å². The van der Waals surface area contributed by atoms with Gasteiger partial charge in [0.25, 0.3) is 5.91 Å². The molecule has 1 atom stereocenters. The fourth-order valence-corrected chi connectivity index (χ4v) is 2.30. The quantitative estimate of drug-likeness (QED) is 0.764. The van der Waals surface area contributed by atoms with E-state index in [1.54, 1.807) is 11.8 Å². The smallest absolute Gasteiger partial charge is 0.259 e. The molecule has 1 saturated heterocycles. The van der Waals surface area contributed by atoms with Gasteiger partial charge in [0.15, 0.2) is 0 Å². The summed E-state index contributed by atoms with van der Waals surface area (Å²) in [4.78, 5) is 25.8. The maximum Gasteiger partial charge on any atom is 0.259 e. The van der Waals surface area contributed by atoms with Crippen LogP contribution in [0.3, 0.4) is 0 Å². The van der Waals surface area contributed by atoms with Crippen molar-refractivity contribution in [2.45, 2.75) is 25.8 Å². The van der Waals surface area contributed by atoms with Gasteiger partial charge in [-0.2, -0.15) is 0 Å². The first-order valence-electron chi connectivity index (χ1n) is 6.61. The number of hydrogen-bond acceptors (Lipinski definition) is 4. The second-order valence-corrected chi connectivity index (χ2v) is 4.90. The van der Waals surface area contributed by atoms with Gasteiger partial charge in [0.2, 0.25) is 5.91 Å². The number of phenols is 2. The second-order valence-electron chi connectivity index (χ2n) is 4.90. The van der Waals surface area contributed by atoms with E-state index >= 15 is 0 Å². The van der Waals surface area contributed by atoms with E-state index in [2.05, 4.69) is 5.32 Å². The fraction of sp³-hybridized carbons (Fsp3) is 0.429. The summed E-state index contributed by atoms with van der Waals surface area (Å²) >= 11 is 0. The Morgan fingerprint density at radius 3 is 2.30 bits per heavy atom. The third-order valence-corrected chi connectivity index (χ3v) is 3.38. The lowest BCUT2D eigenvalue weighted by Crippen LogP contribution is -2.45. The number of carbonyl (C=O) groups excluding carboxylic acids is 2. The van der Waals surface area contributed by atoms with E-state index in [1.807, 2.05) is 0 Å². The minimum Gasteiger partial charge on any atom is -0.507 e. The Bertz CT molecular complexity index is 504. The molecule has 0 aromatic heterocycles. The molecule has 108 valence electrons. The number of rotatable bonds is 3. The zero-order valence-corrected chi connectivity index (χ0v) is 11.3. The van der Waals surface area contributed by atoms with Crippen LogP contribution in [0, 0.1) is 0 Å². The first-order chi connectivity index (χ1) is 9.50. The highest BCUT2D eigenvalue weighted by molar-refractivity contribution is 6.01. The summed E-state index contributed by atoms with van der Waals surface area (Å²) in [6.07, 6.45) is 1.96. The monoisotopic (exact) mass is 278 g/mol. The zero-order valence-electron chi connectivity index (χ0n) is 11.3. The average Bonchev–Trinajstić information content (AvgIpc) is 2.91. The molecular formula is C14H18N2O4. The highest BCUT2D eigenvalue weighted by Gasteiger charge is 2.26. The van der Waals surface area contributed by atoms with E-state index in [0.717, 1.165) is 12.8 Å². The van der Waals surface area contributed by atoms with Crippen molar-refractivity contribution in [2.75, 3.05) is 13.1 Å². The molecule has 1 aromatic carbocycles. The summed E-state index contributed by atoms with van der Waals surface area (Å²) in [6.45, 7) is 3.01.